The standard InChI is InChI=1S/C17H20F2N4O4S2/c18-13-5-3-4-12(16(13)19)11-28-17-20-14(10-15(21-17)27-9-8-24)22-29(25,26)23-6-1-2-7-23/h3-5,10,24H,1-2,6-9,11H2,(H,20,21,22). The maximum Gasteiger partial charge on any atom is 0.302 e. The lowest BCUT2D eigenvalue weighted by Crippen LogP contribution is -2.33. The van der Waals surface area contributed by atoms with Crippen LogP contribution in [0, 0.1) is 11.6 Å². The lowest BCUT2D eigenvalue weighted by atomic mass is 10.2. The molecule has 0 radical (unpaired) electrons. The van der Waals surface area contributed by atoms with Crippen molar-refractivity contribution in [1.29, 1.82) is 0 Å². The van der Waals surface area contributed by atoms with Crippen molar-refractivity contribution in [3.8, 4) is 5.88 Å². The Balaban J connectivity index is 1.80. The summed E-state index contributed by atoms with van der Waals surface area (Å²) in [5.41, 5.74) is 0.125. The molecule has 0 unspecified atom stereocenters. The number of ether oxygens (including phenoxy) is 1. The molecule has 1 saturated heterocycles. The molecule has 29 heavy (non-hydrogen) atoms. The molecule has 2 aromatic rings. The fourth-order valence-corrected chi connectivity index (χ4v) is 4.73. The lowest BCUT2D eigenvalue weighted by molar-refractivity contribution is 0.195. The first-order chi connectivity index (χ1) is 13.9. The Morgan fingerprint density at radius 3 is 2.72 bits per heavy atom. The summed E-state index contributed by atoms with van der Waals surface area (Å²) in [5.74, 6) is -1.84. The van der Waals surface area contributed by atoms with Gasteiger partial charge in [-0.25, -0.2) is 13.8 Å². The van der Waals surface area contributed by atoms with E-state index in [9.17, 15) is 17.2 Å². The van der Waals surface area contributed by atoms with Gasteiger partial charge in [0.25, 0.3) is 0 Å². The topological polar surface area (TPSA) is 105 Å². The summed E-state index contributed by atoms with van der Waals surface area (Å²) in [4.78, 5) is 8.26. The van der Waals surface area contributed by atoms with E-state index in [0.29, 0.717) is 13.1 Å². The van der Waals surface area contributed by atoms with E-state index in [1.165, 1.54) is 22.5 Å². The summed E-state index contributed by atoms with van der Waals surface area (Å²) in [6.45, 7) is 0.553. The number of halogens is 2. The molecule has 0 saturated carbocycles. The number of thioether (sulfide) groups is 1. The minimum absolute atomic E-state index is 0.0120. The second kappa shape index (κ2) is 9.65. The van der Waals surface area contributed by atoms with Gasteiger partial charge >= 0.3 is 10.2 Å². The van der Waals surface area contributed by atoms with E-state index in [1.807, 2.05) is 0 Å². The fourth-order valence-electron chi connectivity index (χ4n) is 2.67. The van der Waals surface area contributed by atoms with Crippen LogP contribution in [0.2, 0.25) is 0 Å². The molecule has 1 aliphatic heterocycles. The average Bonchev–Trinajstić information content (AvgIpc) is 3.23. The van der Waals surface area contributed by atoms with Crippen LogP contribution < -0.4 is 9.46 Å². The van der Waals surface area contributed by atoms with E-state index in [1.54, 1.807) is 0 Å². The van der Waals surface area contributed by atoms with E-state index in [2.05, 4.69) is 14.7 Å². The molecule has 12 heteroatoms. The van der Waals surface area contributed by atoms with Crippen molar-refractivity contribution < 1.29 is 27.0 Å². The van der Waals surface area contributed by atoms with Gasteiger partial charge in [-0.15, -0.1) is 0 Å². The molecule has 0 atom stereocenters. The highest BCUT2D eigenvalue weighted by Gasteiger charge is 2.26. The summed E-state index contributed by atoms with van der Waals surface area (Å²) in [6, 6.07) is 5.16. The molecule has 2 N–H and O–H groups in total. The van der Waals surface area contributed by atoms with Crippen LogP contribution in [0.5, 0.6) is 5.88 Å². The largest absolute Gasteiger partial charge is 0.475 e. The molecule has 1 aromatic carbocycles. The van der Waals surface area contributed by atoms with Crippen LogP contribution in [0.15, 0.2) is 29.4 Å². The van der Waals surface area contributed by atoms with Crippen LogP contribution in [-0.4, -0.2) is 54.1 Å². The summed E-state index contributed by atoms with van der Waals surface area (Å²) < 4.78 is 61.1. The van der Waals surface area contributed by atoms with Gasteiger partial charge in [0.2, 0.25) is 5.88 Å². The number of aromatic nitrogens is 2. The van der Waals surface area contributed by atoms with Gasteiger partial charge in [0.05, 0.1) is 6.61 Å². The highest BCUT2D eigenvalue weighted by atomic mass is 32.2. The quantitative estimate of drug-likeness (QED) is 0.449. The zero-order valence-electron chi connectivity index (χ0n) is 15.3. The van der Waals surface area contributed by atoms with Crippen LogP contribution >= 0.6 is 11.8 Å². The van der Waals surface area contributed by atoms with Crippen LogP contribution in [0.4, 0.5) is 14.6 Å². The van der Waals surface area contributed by atoms with Gasteiger partial charge in [0.1, 0.15) is 12.4 Å². The molecular weight excluding hydrogens is 426 g/mol. The predicted octanol–water partition coefficient (Wildman–Crippen LogP) is 2.17. The van der Waals surface area contributed by atoms with Gasteiger partial charge in [-0.1, -0.05) is 23.9 Å². The first-order valence-corrected chi connectivity index (χ1v) is 11.3. The smallest absolute Gasteiger partial charge is 0.302 e. The second-order valence-electron chi connectivity index (χ2n) is 6.16. The van der Waals surface area contributed by atoms with Crippen LogP contribution in [0.25, 0.3) is 0 Å². The summed E-state index contributed by atoms with van der Waals surface area (Å²) in [5, 5.41) is 9.05. The number of nitrogens with one attached hydrogen (secondary N) is 1. The minimum atomic E-state index is -3.78. The molecule has 8 nitrogen and oxygen atoms in total. The molecule has 0 spiro atoms. The average molecular weight is 447 g/mol. The van der Waals surface area contributed by atoms with E-state index < -0.39 is 21.8 Å². The van der Waals surface area contributed by atoms with Crippen molar-refractivity contribution in [1.82, 2.24) is 14.3 Å². The number of aliphatic hydroxyl groups is 1. The van der Waals surface area contributed by atoms with Crippen LogP contribution in [0.1, 0.15) is 18.4 Å². The van der Waals surface area contributed by atoms with Crippen molar-refractivity contribution in [2.75, 3.05) is 31.0 Å². The third-order valence-electron chi connectivity index (χ3n) is 4.05. The van der Waals surface area contributed by atoms with Gasteiger partial charge in [0, 0.05) is 30.5 Å². The molecule has 1 aliphatic rings. The minimum Gasteiger partial charge on any atom is -0.475 e. The van der Waals surface area contributed by atoms with Crippen molar-refractivity contribution in [2.24, 2.45) is 0 Å². The third kappa shape index (κ3) is 5.75. The van der Waals surface area contributed by atoms with Gasteiger partial charge < -0.3 is 9.84 Å². The summed E-state index contributed by atoms with van der Waals surface area (Å²) in [7, 11) is -3.78. The number of hydrogen-bond donors (Lipinski definition) is 2. The Morgan fingerprint density at radius 2 is 2.00 bits per heavy atom. The molecule has 3 rings (SSSR count). The molecule has 2 heterocycles. The normalized spacial score (nSPS) is 14.9. The van der Waals surface area contributed by atoms with Gasteiger partial charge in [-0.2, -0.15) is 17.7 Å². The molecule has 1 aromatic heterocycles. The predicted molar refractivity (Wildman–Crippen MR) is 104 cm³/mol. The monoisotopic (exact) mass is 446 g/mol. The maximum absolute atomic E-state index is 13.8. The van der Waals surface area contributed by atoms with Crippen LogP contribution in [-0.2, 0) is 16.0 Å². The SMILES string of the molecule is O=S(=O)(Nc1cc(OCCO)nc(SCc2cccc(F)c2F)n1)N1CCCC1. The van der Waals surface area contributed by atoms with Crippen molar-refractivity contribution >= 4 is 27.8 Å². The second-order valence-corrected chi connectivity index (χ2v) is 8.77. The zero-order valence-corrected chi connectivity index (χ0v) is 17.0. The molecule has 0 bridgehead atoms. The number of benzene rings is 1. The fraction of sp³-hybridized carbons (Fsp3) is 0.412. The zero-order chi connectivity index (χ0) is 20.9. The first kappa shape index (κ1) is 21.7. The van der Waals surface area contributed by atoms with Crippen LogP contribution in [0.3, 0.4) is 0 Å². The van der Waals surface area contributed by atoms with E-state index in [0.717, 1.165) is 30.7 Å². The number of hydrogen-bond acceptors (Lipinski definition) is 7. The Hall–Kier alpha value is -2.02. The number of anilines is 1. The molecular formula is C17H20F2N4O4S2. The van der Waals surface area contributed by atoms with Gasteiger partial charge in [0.15, 0.2) is 16.8 Å². The highest BCUT2D eigenvalue weighted by molar-refractivity contribution is 7.98. The van der Waals surface area contributed by atoms with Crippen molar-refractivity contribution in [2.45, 2.75) is 23.8 Å². The highest BCUT2D eigenvalue weighted by Crippen LogP contribution is 2.26. The molecule has 1 fully saturated rings. The van der Waals surface area contributed by atoms with E-state index in [4.69, 9.17) is 9.84 Å². The Labute approximate surface area is 171 Å². The van der Waals surface area contributed by atoms with Crippen molar-refractivity contribution in [3.63, 3.8) is 0 Å². The third-order valence-corrected chi connectivity index (χ3v) is 6.46. The van der Waals surface area contributed by atoms with E-state index >= 15 is 0 Å². The Kier molecular flexibility index (Phi) is 7.22. The summed E-state index contributed by atoms with van der Waals surface area (Å²) in [6.07, 6.45) is 1.58. The van der Waals surface area contributed by atoms with Gasteiger partial charge in [-0.05, 0) is 18.9 Å². The molecule has 0 aliphatic carbocycles. The molecule has 158 valence electrons. The lowest BCUT2D eigenvalue weighted by Gasteiger charge is -2.17. The first-order valence-electron chi connectivity index (χ1n) is 8.85. The number of rotatable bonds is 9. The van der Waals surface area contributed by atoms with Crippen molar-refractivity contribution in [3.05, 3.63) is 41.5 Å². The number of nitrogens with zero attached hydrogens (tertiary/aromatic N) is 3. The van der Waals surface area contributed by atoms with E-state index in [-0.39, 0.29) is 41.4 Å². The maximum atomic E-state index is 13.8. The molecule has 0 amide bonds. The summed E-state index contributed by atoms with van der Waals surface area (Å²) >= 11 is 0.997. The number of aliphatic hydroxyl groups excluding tert-OH is 1. The Bertz CT molecular complexity index is 956. The van der Waals surface area contributed by atoms with Gasteiger partial charge in [-0.3, -0.25) is 4.72 Å². The Morgan fingerprint density at radius 1 is 1.24 bits per heavy atom.